The number of hydrogen-bond acceptors (Lipinski definition) is 4. The minimum atomic E-state index is -3.08. The Labute approximate surface area is 103 Å². The highest BCUT2D eigenvalue weighted by molar-refractivity contribution is 7.90. The third kappa shape index (κ3) is 4.27. The molecule has 1 fully saturated rings. The summed E-state index contributed by atoms with van der Waals surface area (Å²) >= 11 is 0. The van der Waals surface area contributed by atoms with Crippen LogP contribution in [-0.4, -0.2) is 49.9 Å². The van der Waals surface area contributed by atoms with Gasteiger partial charge in [-0.3, -0.25) is 4.79 Å². The molecule has 1 amide bonds. The molecule has 0 radical (unpaired) electrons. The highest BCUT2D eigenvalue weighted by atomic mass is 32.2. The maximum Gasteiger partial charge on any atom is 0.224 e. The number of hydrogen-bond donors (Lipinski definition) is 1. The summed E-state index contributed by atoms with van der Waals surface area (Å²) < 4.78 is 22.1. The Balaban J connectivity index is 2.64. The van der Waals surface area contributed by atoms with Crippen LogP contribution >= 0.6 is 0 Å². The zero-order chi connectivity index (χ0) is 13.1. The van der Waals surface area contributed by atoms with E-state index >= 15 is 0 Å². The minimum Gasteiger partial charge on any atom is -0.336 e. The number of sulfone groups is 1. The molecule has 1 aliphatic heterocycles. The van der Waals surface area contributed by atoms with Crippen molar-refractivity contribution in [3.05, 3.63) is 0 Å². The predicted octanol–water partition coefficient (Wildman–Crippen LogP) is 0.149. The van der Waals surface area contributed by atoms with E-state index in [2.05, 4.69) is 0 Å². The molecule has 5 nitrogen and oxygen atoms in total. The van der Waals surface area contributed by atoms with Gasteiger partial charge in [0.1, 0.15) is 9.84 Å². The number of amides is 1. The van der Waals surface area contributed by atoms with Gasteiger partial charge in [-0.15, -0.1) is 0 Å². The summed E-state index contributed by atoms with van der Waals surface area (Å²) in [5.74, 6) is -0.162. The topological polar surface area (TPSA) is 80.5 Å². The third-order valence-corrected chi connectivity index (χ3v) is 4.22. The average Bonchev–Trinajstić information content (AvgIpc) is 2.24. The molecule has 2 atom stereocenters. The van der Waals surface area contributed by atoms with E-state index in [1.54, 1.807) is 4.90 Å². The molecule has 2 N–H and O–H groups in total. The molecule has 100 valence electrons. The van der Waals surface area contributed by atoms with Gasteiger partial charge in [-0.1, -0.05) is 0 Å². The highest BCUT2D eigenvalue weighted by Gasteiger charge is 2.30. The SMILES string of the molecule is CC1CCCC(CN)N1C(=O)CCS(C)(=O)=O. The minimum absolute atomic E-state index is 0.0691. The molecule has 17 heavy (non-hydrogen) atoms. The van der Waals surface area contributed by atoms with Crippen molar-refractivity contribution >= 4 is 15.7 Å². The molecule has 1 aliphatic rings. The summed E-state index contributed by atoms with van der Waals surface area (Å²) in [5.41, 5.74) is 5.66. The fraction of sp³-hybridized carbons (Fsp3) is 0.909. The Morgan fingerprint density at radius 1 is 1.41 bits per heavy atom. The van der Waals surface area contributed by atoms with E-state index in [-0.39, 0.29) is 30.2 Å². The van der Waals surface area contributed by atoms with Crippen LogP contribution in [0.2, 0.25) is 0 Å². The Morgan fingerprint density at radius 3 is 2.59 bits per heavy atom. The standard InChI is InChI=1S/C11H22N2O3S/c1-9-4-3-5-10(8-12)13(9)11(14)6-7-17(2,15)16/h9-10H,3-8,12H2,1-2H3. The maximum absolute atomic E-state index is 12.0. The van der Waals surface area contributed by atoms with Crippen LogP contribution in [-0.2, 0) is 14.6 Å². The van der Waals surface area contributed by atoms with Gasteiger partial charge in [-0.25, -0.2) is 8.42 Å². The lowest BCUT2D eigenvalue weighted by Crippen LogP contribution is -2.52. The second kappa shape index (κ2) is 5.82. The molecule has 0 aliphatic carbocycles. The Bertz CT molecular complexity index is 367. The molecule has 0 aromatic carbocycles. The van der Waals surface area contributed by atoms with Crippen LogP contribution in [0.4, 0.5) is 0 Å². The van der Waals surface area contributed by atoms with Crippen molar-refractivity contribution in [3.63, 3.8) is 0 Å². The van der Waals surface area contributed by atoms with Crippen molar-refractivity contribution in [1.82, 2.24) is 4.90 Å². The van der Waals surface area contributed by atoms with Crippen LogP contribution in [0.5, 0.6) is 0 Å². The van der Waals surface area contributed by atoms with Crippen LogP contribution in [0.1, 0.15) is 32.6 Å². The number of likely N-dealkylation sites (tertiary alicyclic amines) is 1. The summed E-state index contributed by atoms with van der Waals surface area (Å²) in [6.45, 7) is 2.45. The number of carbonyl (C=O) groups is 1. The predicted molar refractivity (Wildman–Crippen MR) is 67.3 cm³/mol. The molecular formula is C11H22N2O3S. The van der Waals surface area contributed by atoms with Crippen molar-refractivity contribution in [2.45, 2.75) is 44.7 Å². The van der Waals surface area contributed by atoms with Gasteiger partial charge in [0, 0.05) is 31.3 Å². The van der Waals surface area contributed by atoms with Gasteiger partial charge >= 0.3 is 0 Å². The number of nitrogens with zero attached hydrogens (tertiary/aromatic N) is 1. The van der Waals surface area contributed by atoms with Crippen molar-refractivity contribution in [1.29, 1.82) is 0 Å². The molecule has 1 heterocycles. The van der Waals surface area contributed by atoms with Crippen molar-refractivity contribution in [2.75, 3.05) is 18.6 Å². The Hall–Kier alpha value is -0.620. The first-order chi connectivity index (χ1) is 7.85. The van der Waals surface area contributed by atoms with Gasteiger partial charge in [-0.05, 0) is 26.2 Å². The zero-order valence-electron chi connectivity index (χ0n) is 10.6. The monoisotopic (exact) mass is 262 g/mol. The summed E-state index contributed by atoms with van der Waals surface area (Å²) in [5, 5.41) is 0. The molecule has 0 aromatic heterocycles. The second-order valence-electron chi connectivity index (χ2n) is 4.85. The van der Waals surface area contributed by atoms with Crippen LogP contribution in [0.3, 0.4) is 0 Å². The fourth-order valence-electron chi connectivity index (χ4n) is 2.37. The molecule has 1 saturated heterocycles. The van der Waals surface area contributed by atoms with E-state index in [1.165, 1.54) is 0 Å². The summed E-state index contributed by atoms with van der Waals surface area (Å²) in [6.07, 6.45) is 4.20. The summed E-state index contributed by atoms with van der Waals surface area (Å²) in [6, 6.07) is 0.246. The van der Waals surface area contributed by atoms with Gasteiger partial charge in [0.15, 0.2) is 0 Å². The number of nitrogens with two attached hydrogens (primary N) is 1. The van der Waals surface area contributed by atoms with Gasteiger partial charge in [0.25, 0.3) is 0 Å². The average molecular weight is 262 g/mol. The van der Waals surface area contributed by atoms with E-state index in [9.17, 15) is 13.2 Å². The third-order valence-electron chi connectivity index (χ3n) is 3.27. The number of carbonyl (C=O) groups excluding carboxylic acids is 1. The van der Waals surface area contributed by atoms with E-state index in [0.29, 0.717) is 6.54 Å². The summed E-state index contributed by atoms with van der Waals surface area (Å²) in [4.78, 5) is 13.8. The summed E-state index contributed by atoms with van der Waals surface area (Å²) in [7, 11) is -3.08. The zero-order valence-corrected chi connectivity index (χ0v) is 11.4. The first-order valence-electron chi connectivity index (χ1n) is 6.04. The molecular weight excluding hydrogens is 240 g/mol. The van der Waals surface area contributed by atoms with Crippen LogP contribution < -0.4 is 5.73 Å². The van der Waals surface area contributed by atoms with Gasteiger partial charge < -0.3 is 10.6 Å². The van der Waals surface area contributed by atoms with Crippen LogP contribution in [0.15, 0.2) is 0 Å². The van der Waals surface area contributed by atoms with Crippen molar-refractivity contribution in [3.8, 4) is 0 Å². The first kappa shape index (κ1) is 14.4. The normalized spacial score (nSPS) is 25.9. The largest absolute Gasteiger partial charge is 0.336 e. The highest BCUT2D eigenvalue weighted by Crippen LogP contribution is 2.23. The Morgan fingerprint density at radius 2 is 2.06 bits per heavy atom. The molecule has 1 rings (SSSR count). The van der Waals surface area contributed by atoms with E-state index in [4.69, 9.17) is 5.73 Å². The quantitative estimate of drug-likeness (QED) is 0.782. The molecule has 0 aromatic rings. The lowest BCUT2D eigenvalue weighted by molar-refractivity contribution is -0.137. The molecule has 0 saturated carbocycles. The molecule has 0 spiro atoms. The van der Waals surface area contributed by atoms with Crippen molar-refractivity contribution < 1.29 is 13.2 Å². The molecule has 6 heteroatoms. The first-order valence-corrected chi connectivity index (χ1v) is 8.10. The number of piperidine rings is 1. The van der Waals surface area contributed by atoms with E-state index in [0.717, 1.165) is 25.5 Å². The van der Waals surface area contributed by atoms with Crippen LogP contribution in [0.25, 0.3) is 0 Å². The lowest BCUT2D eigenvalue weighted by atomic mass is 9.96. The number of rotatable bonds is 4. The van der Waals surface area contributed by atoms with E-state index in [1.807, 2.05) is 6.92 Å². The molecule has 2 unspecified atom stereocenters. The van der Waals surface area contributed by atoms with Crippen LogP contribution in [0, 0.1) is 0 Å². The fourth-order valence-corrected chi connectivity index (χ4v) is 2.92. The van der Waals surface area contributed by atoms with Gasteiger partial charge in [0.05, 0.1) is 5.75 Å². The van der Waals surface area contributed by atoms with E-state index < -0.39 is 9.84 Å². The maximum atomic E-state index is 12.0. The Kier molecular flexibility index (Phi) is 4.94. The van der Waals surface area contributed by atoms with Crippen molar-refractivity contribution in [2.24, 2.45) is 5.73 Å². The van der Waals surface area contributed by atoms with Gasteiger partial charge in [0.2, 0.25) is 5.91 Å². The smallest absolute Gasteiger partial charge is 0.224 e. The lowest BCUT2D eigenvalue weighted by Gasteiger charge is -2.40. The molecule has 0 bridgehead atoms. The second-order valence-corrected chi connectivity index (χ2v) is 7.11. The van der Waals surface area contributed by atoms with Gasteiger partial charge in [-0.2, -0.15) is 0 Å².